The fourth-order valence-electron chi connectivity index (χ4n) is 6.62. The lowest BCUT2D eigenvalue weighted by Gasteiger charge is -2.38. The summed E-state index contributed by atoms with van der Waals surface area (Å²) in [7, 11) is 1.58. The van der Waals surface area contributed by atoms with E-state index in [0.29, 0.717) is 41.8 Å². The Bertz CT molecular complexity index is 849. The third kappa shape index (κ3) is 5.25. The van der Waals surface area contributed by atoms with Gasteiger partial charge >= 0.3 is 0 Å². The molecular formula is C26H39FN4O3. The van der Waals surface area contributed by atoms with Crippen LogP contribution in [0, 0.1) is 23.6 Å². The number of nitrogens with one attached hydrogen (secondary N) is 3. The Labute approximate surface area is 202 Å². The molecule has 1 saturated carbocycles. The van der Waals surface area contributed by atoms with Crippen molar-refractivity contribution in [3.63, 3.8) is 0 Å². The predicted molar refractivity (Wildman–Crippen MR) is 128 cm³/mol. The van der Waals surface area contributed by atoms with Gasteiger partial charge in [-0.3, -0.25) is 20.5 Å². The molecule has 1 aromatic rings. The lowest BCUT2D eigenvalue weighted by molar-refractivity contribution is -0.127. The third-order valence-electron chi connectivity index (χ3n) is 8.47. The molecule has 3 heterocycles. The van der Waals surface area contributed by atoms with Gasteiger partial charge in [0.2, 0.25) is 5.91 Å². The minimum atomic E-state index is -0.236. The van der Waals surface area contributed by atoms with Crippen LogP contribution in [0.5, 0.6) is 5.75 Å². The zero-order valence-corrected chi connectivity index (χ0v) is 20.2. The van der Waals surface area contributed by atoms with Crippen LogP contribution >= 0.6 is 0 Å². The monoisotopic (exact) mass is 474 g/mol. The van der Waals surface area contributed by atoms with Gasteiger partial charge in [0.05, 0.1) is 7.11 Å². The number of piperidine rings is 1. The topological polar surface area (TPSA) is 74.9 Å². The van der Waals surface area contributed by atoms with Crippen LogP contribution in [0.3, 0.4) is 0 Å². The first kappa shape index (κ1) is 24.0. The summed E-state index contributed by atoms with van der Waals surface area (Å²) >= 11 is 0. The van der Waals surface area contributed by atoms with Gasteiger partial charge in [-0.1, -0.05) is 6.07 Å². The van der Waals surface area contributed by atoms with E-state index in [4.69, 9.17) is 9.47 Å². The summed E-state index contributed by atoms with van der Waals surface area (Å²) in [6, 6.07) is 5.98. The number of fused-ring (bicyclic) bond motifs is 1. The zero-order chi connectivity index (χ0) is 23.5. The van der Waals surface area contributed by atoms with Crippen molar-refractivity contribution in [2.45, 2.75) is 69.6 Å². The lowest BCUT2D eigenvalue weighted by atomic mass is 9.71. The molecule has 1 aliphatic carbocycles. The van der Waals surface area contributed by atoms with E-state index in [1.165, 1.54) is 6.07 Å². The normalized spacial score (nSPS) is 32.8. The van der Waals surface area contributed by atoms with E-state index in [0.717, 1.165) is 71.2 Å². The molecule has 0 radical (unpaired) electrons. The van der Waals surface area contributed by atoms with Crippen molar-refractivity contribution in [1.29, 1.82) is 0 Å². The van der Waals surface area contributed by atoms with E-state index >= 15 is 0 Å². The minimum Gasteiger partial charge on any atom is -0.496 e. The number of carbonyl (C=O) groups is 1. The fraction of sp³-hybridized carbons (Fsp3) is 0.731. The fourth-order valence-corrected chi connectivity index (χ4v) is 6.62. The number of methoxy groups -OCH3 is 1. The SMILES string of the molecule is COc1cccc(F)c1CN1CCC[C@@H](NC(=O)C2CCC3NNC(C4CCOCC4)C3C2)C1. The van der Waals surface area contributed by atoms with Crippen molar-refractivity contribution in [3.8, 4) is 5.75 Å². The highest BCUT2D eigenvalue weighted by atomic mass is 19.1. The first-order valence-electron chi connectivity index (χ1n) is 13.0. The predicted octanol–water partition coefficient (Wildman–Crippen LogP) is 2.60. The molecule has 34 heavy (non-hydrogen) atoms. The highest BCUT2D eigenvalue weighted by Crippen LogP contribution is 2.38. The molecule has 5 atom stereocenters. The molecule has 0 aromatic heterocycles. The molecule has 0 spiro atoms. The van der Waals surface area contributed by atoms with Gasteiger partial charge in [0.25, 0.3) is 0 Å². The number of hydrogen-bond acceptors (Lipinski definition) is 6. The van der Waals surface area contributed by atoms with Crippen molar-refractivity contribution in [2.75, 3.05) is 33.4 Å². The summed E-state index contributed by atoms with van der Waals surface area (Å²) in [5, 5.41) is 3.36. The van der Waals surface area contributed by atoms with Crippen LogP contribution < -0.4 is 20.9 Å². The van der Waals surface area contributed by atoms with Gasteiger partial charge in [0.1, 0.15) is 11.6 Å². The molecule has 4 unspecified atom stereocenters. The van der Waals surface area contributed by atoms with Gasteiger partial charge in [-0.2, -0.15) is 0 Å². The molecule has 5 rings (SSSR count). The smallest absolute Gasteiger partial charge is 0.223 e. The molecule has 188 valence electrons. The Hall–Kier alpha value is -1.74. The second-order valence-corrected chi connectivity index (χ2v) is 10.5. The quantitative estimate of drug-likeness (QED) is 0.589. The van der Waals surface area contributed by atoms with Crippen LogP contribution in [0.2, 0.25) is 0 Å². The first-order valence-corrected chi connectivity index (χ1v) is 13.0. The maximum absolute atomic E-state index is 14.4. The van der Waals surface area contributed by atoms with Crippen LogP contribution in [-0.4, -0.2) is 62.3 Å². The van der Waals surface area contributed by atoms with E-state index in [9.17, 15) is 9.18 Å². The minimum absolute atomic E-state index is 0.0762. The molecule has 1 amide bonds. The molecule has 3 N–H and O–H groups in total. The van der Waals surface area contributed by atoms with E-state index in [2.05, 4.69) is 21.1 Å². The number of rotatable bonds is 6. The average molecular weight is 475 g/mol. The van der Waals surface area contributed by atoms with Crippen molar-refractivity contribution in [2.24, 2.45) is 17.8 Å². The number of halogens is 1. The number of ether oxygens (including phenoxy) is 2. The van der Waals surface area contributed by atoms with Crippen molar-refractivity contribution >= 4 is 5.91 Å². The summed E-state index contributed by atoms with van der Waals surface area (Å²) in [6.45, 7) is 3.85. The number of likely N-dealkylation sites (tertiary alicyclic amines) is 1. The summed E-state index contributed by atoms with van der Waals surface area (Å²) in [5.74, 6) is 1.75. The number of amides is 1. The van der Waals surface area contributed by atoms with Gasteiger partial charge in [-0.15, -0.1) is 0 Å². The van der Waals surface area contributed by atoms with Gasteiger partial charge < -0.3 is 14.8 Å². The lowest BCUT2D eigenvalue weighted by Crippen LogP contribution is -2.50. The van der Waals surface area contributed by atoms with Crippen LogP contribution in [0.15, 0.2) is 18.2 Å². The Morgan fingerprint density at radius 2 is 2.06 bits per heavy atom. The Morgan fingerprint density at radius 3 is 2.88 bits per heavy atom. The van der Waals surface area contributed by atoms with E-state index in [1.807, 2.05) is 0 Å². The van der Waals surface area contributed by atoms with Crippen molar-refractivity contribution in [1.82, 2.24) is 21.1 Å². The molecule has 4 fully saturated rings. The molecule has 1 aromatic carbocycles. The second kappa shape index (κ2) is 10.9. The van der Waals surface area contributed by atoms with Gasteiger partial charge in [-0.05, 0) is 75.5 Å². The average Bonchev–Trinajstić information content (AvgIpc) is 3.29. The van der Waals surface area contributed by atoms with Gasteiger partial charge in [0, 0.05) is 55.9 Å². The molecule has 3 aliphatic heterocycles. The number of nitrogens with zero attached hydrogens (tertiary/aromatic N) is 1. The Kier molecular flexibility index (Phi) is 7.68. The van der Waals surface area contributed by atoms with Gasteiger partial charge in [-0.25, -0.2) is 4.39 Å². The van der Waals surface area contributed by atoms with Crippen LogP contribution in [0.4, 0.5) is 4.39 Å². The molecule has 7 nitrogen and oxygen atoms in total. The highest BCUT2D eigenvalue weighted by Gasteiger charge is 2.45. The molecule has 8 heteroatoms. The van der Waals surface area contributed by atoms with Crippen LogP contribution in [0.25, 0.3) is 0 Å². The number of carbonyl (C=O) groups excluding carboxylic acids is 1. The van der Waals surface area contributed by atoms with Crippen molar-refractivity contribution < 1.29 is 18.7 Å². The van der Waals surface area contributed by atoms with Crippen molar-refractivity contribution in [3.05, 3.63) is 29.6 Å². The largest absolute Gasteiger partial charge is 0.496 e. The first-order chi connectivity index (χ1) is 16.6. The number of hydrogen-bond donors (Lipinski definition) is 3. The Balaban J connectivity index is 1.16. The Morgan fingerprint density at radius 1 is 1.21 bits per heavy atom. The van der Waals surface area contributed by atoms with Crippen LogP contribution in [-0.2, 0) is 16.1 Å². The standard InChI is InChI=1S/C26H39FN4O3/c1-33-24-6-2-5-22(27)21(24)16-31-11-3-4-19(15-31)28-26(32)18-7-8-23-20(14-18)25(30-29-23)17-9-12-34-13-10-17/h2,5-6,17-20,23,25,29-30H,3-4,7-16H2,1H3,(H,28,32)/t18?,19-,20?,23?,25?/m1/s1. The summed E-state index contributed by atoms with van der Waals surface area (Å²) < 4.78 is 25.4. The van der Waals surface area contributed by atoms with E-state index in [-0.39, 0.29) is 23.7 Å². The molecule has 0 bridgehead atoms. The number of hydrazine groups is 1. The van der Waals surface area contributed by atoms with E-state index < -0.39 is 0 Å². The molecule has 3 saturated heterocycles. The molecule has 4 aliphatic rings. The summed E-state index contributed by atoms with van der Waals surface area (Å²) in [5.41, 5.74) is 7.68. The summed E-state index contributed by atoms with van der Waals surface area (Å²) in [6.07, 6.45) is 7.10. The van der Waals surface area contributed by atoms with Gasteiger partial charge in [0.15, 0.2) is 0 Å². The summed E-state index contributed by atoms with van der Waals surface area (Å²) in [4.78, 5) is 15.5. The second-order valence-electron chi connectivity index (χ2n) is 10.5. The highest BCUT2D eigenvalue weighted by molar-refractivity contribution is 5.79. The third-order valence-corrected chi connectivity index (χ3v) is 8.47. The number of benzene rings is 1. The maximum atomic E-state index is 14.4. The van der Waals surface area contributed by atoms with E-state index in [1.54, 1.807) is 19.2 Å². The zero-order valence-electron chi connectivity index (χ0n) is 20.2. The maximum Gasteiger partial charge on any atom is 0.223 e. The molecular weight excluding hydrogens is 435 g/mol. The van der Waals surface area contributed by atoms with Crippen LogP contribution in [0.1, 0.15) is 50.5 Å².